The van der Waals surface area contributed by atoms with Crippen molar-refractivity contribution in [2.45, 2.75) is 52.4 Å². The summed E-state index contributed by atoms with van der Waals surface area (Å²) >= 11 is 5.34. The second kappa shape index (κ2) is 10.0. The van der Waals surface area contributed by atoms with Crippen molar-refractivity contribution in [3.63, 3.8) is 0 Å². The molecule has 0 bridgehead atoms. The number of amides is 1. The van der Waals surface area contributed by atoms with E-state index in [1.165, 1.54) is 11.1 Å². The number of carbonyl (C=O) groups is 1. The summed E-state index contributed by atoms with van der Waals surface area (Å²) in [6.07, 6.45) is 1.08. The minimum atomic E-state index is -0.247. The van der Waals surface area contributed by atoms with Gasteiger partial charge in [-0.2, -0.15) is 0 Å². The number of anilines is 1. The first-order valence-electron chi connectivity index (χ1n) is 11.9. The summed E-state index contributed by atoms with van der Waals surface area (Å²) in [7, 11) is 0. The predicted octanol–water partition coefficient (Wildman–Crippen LogP) is 7.43. The quantitative estimate of drug-likeness (QED) is 0.288. The molecule has 5 nitrogen and oxygen atoms in total. The van der Waals surface area contributed by atoms with Crippen LogP contribution in [0.3, 0.4) is 0 Å². The minimum Gasteiger partial charge on any atom is -0.436 e. The van der Waals surface area contributed by atoms with E-state index in [0.29, 0.717) is 17.4 Å². The zero-order valence-corrected chi connectivity index (χ0v) is 21.6. The fraction of sp³-hybridized carbons (Fsp3) is 0.276. The minimum absolute atomic E-state index is 0.0342. The Morgan fingerprint density at radius 1 is 1.03 bits per heavy atom. The molecule has 0 aliphatic heterocycles. The lowest BCUT2D eigenvalue weighted by Crippen LogP contribution is -2.34. The van der Waals surface area contributed by atoms with E-state index in [1.807, 2.05) is 54.6 Å². The van der Waals surface area contributed by atoms with Gasteiger partial charge in [0.25, 0.3) is 5.91 Å². The molecule has 180 valence electrons. The van der Waals surface area contributed by atoms with Crippen LogP contribution in [0.15, 0.2) is 71.1 Å². The lowest BCUT2D eigenvalue weighted by Gasteiger charge is -2.19. The molecular formula is C29H31N3O2S. The molecule has 0 radical (unpaired) electrons. The van der Waals surface area contributed by atoms with E-state index >= 15 is 0 Å². The van der Waals surface area contributed by atoms with E-state index in [9.17, 15) is 4.79 Å². The number of oxazole rings is 1. The van der Waals surface area contributed by atoms with Gasteiger partial charge in [-0.1, -0.05) is 52.8 Å². The highest BCUT2D eigenvalue weighted by Gasteiger charge is 2.15. The number of nitrogens with one attached hydrogen (secondary N) is 2. The van der Waals surface area contributed by atoms with E-state index < -0.39 is 0 Å². The van der Waals surface area contributed by atoms with Crippen molar-refractivity contribution in [1.29, 1.82) is 0 Å². The highest BCUT2D eigenvalue weighted by atomic mass is 32.1. The summed E-state index contributed by atoms with van der Waals surface area (Å²) in [5.41, 5.74) is 6.29. The number of hydrogen-bond acceptors (Lipinski definition) is 4. The molecular weight excluding hydrogens is 454 g/mol. The first-order chi connectivity index (χ1) is 16.6. The molecule has 1 aromatic heterocycles. The van der Waals surface area contributed by atoms with Crippen LogP contribution in [0.1, 0.15) is 68.4 Å². The molecule has 2 N–H and O–H groups in total. The van der Waals surface area contributed by atoms with Crippen molar-refractivity contribution < 1.29 is 9.21 Å². The van der Waals surface area contributed by atoms with Gasteiger partial charge in [-0.05, 0) is 89.6 Å². The summed E-state index contributed by atoms with van der Waals surface area (Å²) < 4.78 is 5.96. The topological polar surface area (TPSA) is 67.2 Å². The molecule has 0 unspecified atom stereocenters. The van der Waals surface area contributed by atoms with Crippen molar-refractivity contribution in [3.05, 3.63) is 83.4 Å². The fourth-order valence-electron chi connectivity index (χ4n) is 3.77. The molecule has 6 heteroatoms. The lowest BCUT2D eigenvalue weighted by atomic mass is 9.87. The summed E-state index contributed by atoms with van der Waals surface area (Å²) in [6.45, 7) is 10.8. The Morgan fingerprint density at radius 3 is 2.34 bits per heavy atom. The summed E-state index contributed by atoms with van der Waals surface area (Å²) in [5, 5.41) is 6.03. The van der Waals surface area contributed by atoms with Gasteiger partial charge in [-0.25, -0.2) is 4.98 Å². The van der Waals surface area contributed by atoms with Gasteiger partial charge in [0.05, 0.1) is 0 Å². The molecule has 3 aromatic carbocycles. The Kier molecular flexibility index (Phi) is 7.03. The van der Waals surface area contributed by atoms with Crippen molar-refractivity contribution in [3.8, 4) is 11.5 Å². The molecule has 4 aromatic rings. The van der Waals surface area contributed by atoms with Crippen molar-refractivity contribution >= 4 is 40.0 Å². The Balaban J connectivity index is 1.40. The van der Waals surface area contributed by atoms with Crippen LogP contribution in [0.2, 0.25) is 0 Å². The molecule has 0 fully saturated rings. The third kappa shape index (κ3) is 5.77. The van der Waals surface area contributed by atoms with Gasteiger partial charge in [0.15, 0.2) is 10.7 Å². The van der Waals surface area contributed by atoms with Gasteiger partial charge in [-0.15, -0.1) is 0 Å². The van der Waals surface area contributed by atoms with Crippen LogP contribution in [0.25, 0.3) is 22.6 Å². The predicted molar refractivity (Wildman–Crippen MR) is 147 cm³/mol. The molecule has 1 amide bonds. The molecule has 35 heavy (non-hydrogen) atoms. The molecule has 0 spiro atoms. The maximum absolute atomic E-state index is 12.6. The van der Waals surface area contributed by atoms with Gasteiger partial charge in [-0.3, -0.25) is 10.1 Å². The van der Waals surface area contributed by atoms with Crippen molar-refractivity contribution in [2.24, 2.45) is 0 Å². The van der Waals surface area contributed by atoms with E-state index in [4.69, 9.17) is 16.6 Å². The zero-order valence-electron chi connectivity index (χ0n) is 20.8. The maximum atomic E-state index is 12.6. The Morgan fingerprint density at radius 2 is 1.71 bits per heavy atom. The molecule has 4 rings (SSSR count). The number of nitrogens with zero attached hydrogens (tertiary/aromatic N) is 1. The monoisotopic (exact) mass is 485 g/mol. The SMILES string of the molecule is CC[C@@H](C)c1ccc2oc(-c3ccc(NC(=S)NC(=O)c4ccc(C(C)(C)C)cc4)cc3)nc2c1. The highest BCUT2D eigenvalue weighted by Crippen LogP contribution is 2.28. The molecule has 0 aliphatic carbocycles. The molecule has 1 atom stereocenters. The number of carbonyl (C=O) groups excluding carboxylic acids is 1. The van der Waals surface area contributed by atoms with Crippen LogP contribution in [-0.2, 0) is 5.41 Å². The summed E-state index contributed by atoms with van der Waals surface area (Å²) in [6, 6.07) is 21.4. The second-order valence-electron chi connectivity index (χ2n) is 9.87. The van der Waals surface area contributed by atoms with Crippen LogP contribution in [0.5, 0.6) is 0 Å². The van der Waals surface area contributed by atoms with Crippen LogP contribution >= 0.6 is 12.2 Å². The number of rotatable bonds is 5. The number of thiocarbonyl (C=S) groups is 1. The zero-order chi connectivity index (χ0) is 25.2. The smallest absolute Gasteiger partial charge is 0.257 e. The average molecular weight is 486 g/mol. The van der Waals surface area contributed by atoms with Crippen LogP contribution in [0, 0.1) is 0 Å². The normalized spacial score (nSPS) is 12.4. The average Bonchev–Trinajstić information content (AvgIpc) is 3.27. The molecule has 0 saturated carbocycles. The van der Waals surface area contributed by atoms with Crippen molar-refractivity contribution in [2.75, 3.05) is 5.32 Å². The molecule has 1 heterocycles. The number of hydrogen-bond donors (Lipinski definition) is 2. The second-order valence-corrected chi connectivity index (χ2v) is 10.3. The fourth-order valence-corrected chi connectivity index (χ4v) is 3.98. The number of fused-ring (bicyclic) bond motifs is 1. The van der Waals surface area contributed by atoms with Gasteiger partial charge in [0.2, 0.25) is 5.89 Å². The largest absolute Gasteiger partial charge is 0.436 e. The number of aromatic nitrogens is 1. The van der Waals surface area contributed by atoms with Crippen molar-refractivity contribution in [1.82, 2.24) is 10.3 Å². The van der Waals surface area contributed by atoms with Gasteiger partial charge in [0.1, 0.15) is 5.52 Å². The summed E-state index contributed by atoms with van der Waals surface area (Å²) in [5.74, 6) is 0.808. The number of benzene rings is 3. The van der Waals surface area contributed by atoms with Crippen LogP contribution in [-0.4, -0.2) is 16.0 Å². The highest BCUT2D eigenvalue weighted by molar-refractivity contribution is 7.80. The van der Waals surface area contributed by atoms with Crippen LogP contribution < -0.4 is 10.6 Å². The van der Waals surface area contributed by atoms with E-state index in [-0.39, 0.29) is 16.4 Å². The third-order valence-corrected chi connectivity index (χ3v) is 6.43. The Labute approximate surface area is 212 Å². The van der Waals surface area contributed by atoms with Crippen LogP contribution in [0.4, 0.5) is 5.69 Å². The Bertz CT molecular complexity index is 1350. The standard InChI is InChI=1S/C29H31N3O2S/c1-6-18(2)21-11-16-25-24(17-21)31-27(34-25)20-9-14-23(15-10-20)30-28(35)32-26(33)19-7-12-22(13-8-19)29(3,4)5/h7-18H,6H2,1-5H3,(H2,30,32,33,35)/t18-/m1/s1. The van der Waals surface area contributed by atoms with Gasteiger partial charge in [0, 0.05) is 16.8 Å². The maximum Gasteiger partial charge on any atom is 0.257 e. The lowest BCUT2D eigenvalue weighted by molar-refractivity contribution is 0.0977. The van der Waals surface area contributed by atoms with Gasteiger partial charge >= 0.3 is 0 Å². The summed E-state index contributed by atoms with van der Waals surface area (Å²) in [4.78, 5) is 17.2. The van der Waals surface area contributed by atoms with Gasteiger partial charge < -0.3 is 9.73 Å². The first-order valence-corrected chi connectivity index (χ1v) is 12.3. The Hall–Kier alpha value is -3.51. The van der Waals surface area contributed by atoms with E-state index in [1.54, 1.807) is 0 Å². The van der Waals surface area contributed by atoms with E-state index in [2.05, 4.69) is 62.4 Å². The third-order valence-electron chi connectivity index (χ3n) is 6.22. The molecule has 0 saturated heterocycles. The molecule has 0 aliphatic rings. The first kappa shape index (κ1) is 24.6. The van der Waals surface area contributed by atoms with E-state index in [0.717, 1.165) is 28.8 Å².